The van der Waals surface area contributed by atoms with Gasteiger partial charge in [-0.25, -0.2) is 8.42 Å². The number of hydrogen-bond acceptors (Lipinski definition) is 3. The summed E-state index contributed by atoms with van der Waals surface area (Å²) in [5.41, 5.74) is 4.39. The summed E-state index contributed by atoms with van der Waals surface area (Å²) in [5.74, 6) is -0.127. The zero-order valence-electron chi connectivity index (χ0n) is 17.4. The Morgan fingerprint density at radius 3 is 2.26 bits per heavy atom. The molecule has 0 bridgehead atoms. The molecule has 4 rings (SSSR count). The Kier molecular flexibility index (Phi) is 5.65. The van der Waals surface area contributed by atoms with Gasteiger partial charge in [0.2, 0.25) is 0 Å². The van der Waals surface area contributed by atoms with E-state index < -0.39 is 15.1 Å². The van der Waals surface area contributed by atoms with Crippen LogP contribution >= 0.6 is 0 Å². The highest BCUT2D eigenvalue weighted by atomic mass is 32.2. The molecule has 0 aliphatic carbocycles. The third-order valence-corrected chi connectivity index (χ3v) is 7.46. The van der Waals surface area contributed by atoms with Crippen molar-refractivity contribution < 1.29 is 13.2 Å². The van der Waals surface area contributed by atoms with Crippen molar-refractivity contribution in [1.29, 1.82) is 0 Å². The number of fused-ring (bicyclic) bond motifs is 1. The second kappa shape index (κ2) is 8.40. The van der Waals surface area contributed by atoms with E-state index >= 15 is 0 Å². The molecule has 0 atom stereocenters. The fourth-order valence-electron chi connectivity index (χ4n) is 3.39. The van der Waals surface area contributed by atoms with Gasteiger partial charge in [-0.3, -0.25) is 4.79 Å². The van der Waals surface area contributed by atoms with Crippen LogP contribution in [0.5, 0.6) is 0 Å². The highest BCUT2D eigenvalue weighted by Crippen LogP contribution is 2.24. The molecular weight excluding hydrogens is 408 g/mol. The van der Waals surface area contributed by atoms with Crippen molar-refractivity contribution in [3.63, 3.8) is 0 Å². The molecule has 158 valence electrons. The first-order valence-electron chi connectivity index (χ1n) is 10.1. The third kappa shape index (κ3) is 4.39. The highest BCUT2D eigenvalue weighted by molar-refractivity contribution is 7.92. The molecule has 5 nitrogen and oxygen atoms in total. The molecule has 0 spiro atoms. The average Bonchev–Trinajstić information content (AvgIpc) is 3.21. The van der Waals surface area contributed by atoms with E-state index in [4.69, 9.17) is 0 Å². The molecular formula is C25H24N2O3S. The average molecular weight is 433 g/mol. The van der Waals surface area contributed by atoms with Crippen molar-refractivity contribution in [3.05, 3.63) is 96.3 Å². The topological polar surface area (TPSA) is 67.7 Å². The summed E-state index contributed by atoms with van der Waals surface area (Å²) in [6.45, 7) is 3.83. The van der Waals surface area contributed by atoms with E-state index in [2.05, 4.69) is 5.32 Å². The van der Waals surface area contributed by atoms with Crippen LogP contribution in [0.1, 0.15) is 29.8 Å². The molecule has 1 amide bonds. The summed E-state index contributed by atoms with van der Waals surface area (Å²) in [6.07, 6.45) is 3.74. The predicted octanol–water partition coefficient (Wildman–Crippen LogP) is 4.72. The monoisotopic (exact) mass is 432 g/mol. The second-order valence-electron chi connectivity index (χ2n) is 7.77. The van der Waals surface area contributed by atoms with Gasteiger partial charge in [0, 0.05) is 24.5 Å². The van der Waals surface area contributed by atoms with E-state index in [0.717, 1.165) is 22.2 Å². The minimum atomic E-state index is -3.29. The van der Waals surface area contributed by atoms with Gasteiger partial charge in [-0.2, -0.15) is 0 Å². The first-order valence-corrected chi connectivity index (χ1v) is 11.7. The van der Waals surface area contributed by atoms with E-state index in [1.165, 1.54) is 0 Å². The smallest absolute Gasteiger partial charge is 0.253 e. The van der Waals surface area contributed by atoms with Crippen LogP contribution in [0.2, 0.25) is 0 Å². The Bertz CT molecular complexity index is 1320. The Balaban J connectivity index is 1.54. The van der Waals surface area contributed by atoms with E-state index in [0.29, 0.717) is 17.0 Å². The maximum atomic E-state index is 12.5. The Hall–Kier alpha value is -3.38. The number of carbonyl (C=O) groups excluding carboxylic acids is 1. The van der Waals surface area contributed by atoms with Crippen LogP contribution in [0, 0.1) is 0 Å². The van der Waals surface area contributed by atoms with Crippen molar-refractivity contribution in [3.8, 4) is 11.1 Å². The van der Waals surface area contributed by atoms with Crippen LogP contribution in [0.3, 0.4) is 0 Å². The molecule has 1 N–H and O–H groups in total. The first-order chi connectivity index (χ1) is 14.8. The normalized spacial score (nSPS) is 11.7. The molecule has 31 heavy (non-hydrogen) atoms. The molecule has 4 aromatic rings. The number of carbonyl (C=O) groups is 1. The van der Waals surface area contributed by atoms with E-state index in [9.17, 15) is 13.2 Å². The van der Waals surface area contributed by atoms with Gasteiger partial charge in [0.1, 0.15) is 0 Å². The number of hydrogen-bond donors (Lipinski definition) is 1. The predicted molar refractivity (Wildman–Crippen MR) is 123 cm³/mol. The van der Waals surface area contributed by atoms with Crippen LogP contribution in [0.25, 0.3) is 16.6 Å². The third-order valence-electron chi connectivity index (χ3n) is 5.29. The lowest BCUT2D eigenvalue weighted by Gasteiger charge is -2.09. The number of benzene rings is 2. The SMILES string of the molecule is CC(C)S(=O)(=O)c1ccc(-c2ccc3cc(C(=O)NCc4ccccc4)cn3c2)cc1. The fourth-order valence-corrected chi connectivity index (χ4v) is 4.45. The number of sulfone groups is 1. The minimum absolute atomic E-state index is 0.127. The molecule has 2 heterocycles. The van der Waals surface area contributed by atoms with Gasteiger partial charge >= 0.3 is 0 Å². The summed E-state index contributed by atoms with van der Waals surface area (Å²) in [6, 6.07) is 22.5. The fraction of sp³-hybridized carbons (Fsp3) is 0.160. The minimum Gasteiger partial charge on any atom is -0.348 e. The van der Waals surface area contributed by atoms with Crippen molar-refractivity contribution in [2.45, 2.75) is 30.5 Å². The van der Waals surface area contributed by atoms with Gasteiger partial charge in [-0.15, -0.1) is 0 Å². The standard InChI is InChI=1S/C25H24N2O3S/c1-18(2)31(29,30)24-12-9-20(10-13-24)21-8-11-23-14-22(17-27(23)16-21)25(28)26-15-19-6-4-3-5-7-19/h3-14,16-18H,15H2,1-2H3,(H,26,28). The number of rotatable bonds is 6. The molecule has 0 saturated heterocycles. The summed E-state index contributed by atoms with van der Waals surface area (Å²) in [4.78, 5) is 12.9. The van der Waals surface area contributed by atoms with Gasteiger partial charge in [-0.05, 0) is 54.8 Å². The molecule has 0 aliphatic heterocycles. The number of pyridine rings is 1. The van der Waals surface area contributed by atoms with E-state index in [1.807, 2.05) is 71.3 Å². The highest BCUT2D eigenvalue weighted by Gasteiger charge is 2.18. The molecule has 0 aliphatic rings. The lowest BCUT2D eigenvalue weighted by atomic mass is 10.1. The zero-order chi connectivity index (χ0) is 22.0. The lowest BCUT2D eigenvalue weighted by molar-refractivity contribution is 0.0951. The van der Waals surface area contributed by atoms with Gasteiger partial charge < -0.3 is 9.72 Å². The van der Waals surface area contributed by atoms with Gasteiger partial charge in [0.05, 0.1) is 15.7 Å². The number of nitrogens with one attached hydrogen (secondary N) is 1. The van der Waals surface area contributed by atoms with Gasteiger partial charge in [0.15, 0.2) is 9.84 Å². The lowest BCUT2D eigenvalue weighted by Crippen LogP contribution is -2.22. The van der Waals surface area contributed by atoms with E-state index in [1.54, 1.807) is 32.2 Å². The molecule has 0 fully saturated rings. The molecule has 0 radical (unpaired) electrons. The molecule has 2 aromatic carbocycles. The quantitative estimate of drug-likeness (QED) is 0.479. The largest absolute Gasteiger partial charge is 0.348 e. The molecule has 6 heteroatoms. The van der Waals surface area contributed by atoms with Crippen molar-refractivity contribution in [2.75, 3.05) is 0 Å². The molecule has 2 aromatic heterocycles. The number of amides is 1. The molecule has 0 unspecified atom stereocenters. The zero-order valence-corrected chi connectivity index (χ0v) is 18.3. The van der Waals surface area contributed by atoms with Crippen molar-refractivity contribution in [2.24, 2.45) is 0 Å². The summed E-state index contributed by atoms with van der Waals surface area (Å²) in [5, 5.41) is 2.49. The van der Waals surface area contributed by atoms with Crippen LogP contribution < -0.4 is 5.32 Å². The van der Waals surface area contributed by atoms with Crippen molar-refractivity contribution in [1.82, 2.24) is 9.72 Å². The number of nitrogens with zero attached hydrogens (tertiary/aromatic N) is 1. The Morgan fingerprint density at radius 1 is 0.903 bits per heavy atom. The van der Waals surface area contributed by atoms with Crippen LogP contribution in [-0.4, -0.2) is 24.0 Å². The summed E-state index contributed by atoms with van der Waals surface area (Å²) < 4.78 is 26.6. The summed E-state index contributed by atoms with van der Waals surface area (Å²) >= 11 is 0. The van der Waals surface area contributed by atoms with E-state index in [-0.39, 0.29) is 5.91 Å². The van der Waals surface area contributed by atoms with Gasteiger partial charge in [-0.1, -0.05) is 48.5 Å². The molecule has 0 saturated carbocycles. The van der Waals surface area contributed by atoms with Crippen LogP contribution in [-0.2, 0) is 16.4 Å². The maximum Gasteiger partial charge on any atom is 0.253 e. The summed E-state index contributed by atoms with van der Waals surface area (Å²) in [7, 11) is -3.29. The second-order valence-corrected chi connectivity index (χ2v) is 10.3. The van der Waals surface area contributed by atoms with Gasteiger partial charge in [0.25, 0.3) is 5.91 Å². The first kappa shape index (κ1) is 20.9. The van der Waals surface area contributed by atoms with Crippen LogP contribution in [0.15, 0.2) is 90.1 Å². The van der Waals surface area contributed by atoms with Crippen molar-refractivity contribution >= 4 is 21.3 Å². The Morgan fingerprint density at radius 2 is 1.58 bits per heavy atom. The Labute approximate surface area is 182 Å². The van der Waals surface area contributed by atoms with Crippen LogP contribution in [0.4, 0.5) is 0 Å². The number of aromatic nitrogens is 1. The maximum absolute atomic E-state index is 12.5.